The average Bonchev–Trinajstić information content (AvgIpc) is 3.10. The van der Waals surface area contributed by atoms with E-state index in [0.717, 1.165) is 0 Å². The molecule has 1 N–H and O–H groups in total. The van der Waals surface area contributed by atoms with Crippen LogP contribution in [0.15, 0.2) is 0 Å². The molecule has 4 atom stereocenters. The van der Waals surface area contributed by atoms with Crippen LogP contribution in [0, 0.1) is 17.8 Å². The monoisotopic (exact) mass is 411 g/mol. The lowest BCUT2D eigenvalue weighted by Gasteiger charge is -2.34. The van der Waals surface area contributed by atoms with E-state index in [1.165, 1.54) is 0 Å². The summed E-state index contributed by atoms with van der Waals surface area (Å²) in [5.41, 5.74) is -4.02. The number of esters is 2. The van der Waals surface area contributed by atoms with Crippen LogP contribution in [0.1, 0.15) is 68.7 Å². The summed E-state index contributed by atoms with van der Waals surface area (Å²) in [6.07, 6.45) is -1.08. The van der Waals surface area contributed by atoms with Crippen LogP contribution in [-0.4, -0.2) is 46.2 Å². The van der Waals surface area contributed by atoms with Crippen molar-refractivity contribution < 1.29 is 33.4 Å². The number of Topliss-reactive ketones (excluding diaryl/α,β-unsaturated/α-hetero) is 1. The molecule has 0 aromatic rings. The SMILES string of the molecule is CC(C)(C)OC(=O)N[C@@]1(C(=O)OC(C)(C)C)CC(=O)[C@@H]2[C@@H](C(=O)OC(C)(C)C)[C@@H]21. The zero-order valence-corrected chi connectivity index (χ0v) is 18.8. The maximum atomic E-state index is 13.1. The first kappa shape index (κ1) is 23.2. The van der Waals surface area contributed by atoms with E-state index in [-0.39, 0.29) is 12.2 Å². The van der Waals surface area contributed by atoms with E-state index in [9.17, 15) is 19.2 Å². The largest absolute Gasteiger partial charge is 0.460 e. The number of alkyl carbamates (subject to hydrolysis) is 1. The minimum atomic E-state index is -1.65. The second-order valence-electron chi connectivity index (χ2n) is 10.9. The molecule has 0 aromatic heterocycles. The smallest absolute Gasteiger partial charge is 0.408 e. The molecule has 1 amide bonds. The summed E-state index contributed by atoms with van der Waals surface area (Å²) in [5.74, 6) is -3.76. The molecule has 29 heavy (non-hydrogen) atoms. The highest BCUT2D eigenvalue weighted by Crippen LogP contribution is 2.61. The van der Waals surface area contributed by atoms with E-state index in [2.05, 4.69) is 5.32 Å². The van der Waals surface area contributed by atoms with E-state index in [1.807, 2.05) is 0 Å². The molecule has 2 aliphatic carbocycles. The molecule has 0 aliphatic heterocycles. The number of nitrogens with one attached hydrogen (secondary N) is 1. The quantitative estimate of drug-likeness (QED) is 0.562. The molecule has 2 aliphatic rings. The van der Waals surface area contributed by atoms with Crippen molar-refractivity contribution >= 4 is 23.8 Å². The second kappa shape index (κ2) is 6.99. The van der Waals surface area contributed by atoms with Crippen molar-refractivity contribution in [3.05, 3.63) is 0 Å². The number of amides is 1. The molecule has 0 saturated heterocycles. The van der Waals surface area contributed by atoms with Crippen molar-refractivity contribution in [3.63, 3.8) is 0 Å². The van der Waals surface area contributed by atoms with E-state index < -0.39 is 58.1 Å². The summed E-state index contributed by atoms with van der Waals surface area (Å²) >= 11 is 0. The molecule has 0 heterocycles. The third-order valence-corrected chi connectivity index (χ3v) is 4.58. The first-order valence-electron chi connectivity index (χ1n) is 9.86. The summed E-state index contributed by atoms with van der Waals surface area (Å²) in [6, 6.07) is 0. The predicted molar refractivity (Wildman–Crippen MR) is 104 cm³/mol. The summed E-state index contributed by atoms with van der Waals surface area (Å²) < 4.78 is 16.2. The number of carbonyl (C=O) groups excluding carboxylic acids is 4. The maximum Gasteiger partial charge on any atom is 0.408 e. The van der Waals surface area contributed by atoms with Crippen molar-refractivity contribution in [2.24, 2.45) is 17.8 Å². The number of hydrogen-bond donors (Lipinski definition) is 1. The minimum Gasteiger partial charge on any atom is -0.460 e. The Kier molecular flexibility index (Phi) is 5.58. The lowest BCUT2D eigenvalue weighted by atomic mass is 9.89. The molecule has 164 valence electrons. The van der Waals surface area contributed by atoms with Gasteiger partial charge < -0.3 is 19.5 Å². The van der Waals surface area contributed by atoms with Crippen LogP contribution in [0.2, 0.25) is 0 Å². The van der Waals surface area contributed by atoms with Gasteiger partial charge in [0.05, 0.1) is 5.92 Å². The van der Waals surface area contributed by atoms with Crippen LogP contribution in [0.3, 0.4) is 0 Å². The van der Waals surface area contributed by atoms with E-state index in [0.29, 0.717) is 0 Å². The summed E-state index contributed by atoms with van der Waals surface area (Å²) in [4.78, 5) is 50.9. The van der Waals surface area contributed by atoms with Crippen molar-refractivity contribution in [2.75, 3.05) is 0 Å². The molecule has 0 spiro atoms. The molecule has 2 fully saturated rings. The van der Waals surface area contributed by atoms with Gasteiger partial charge in [-0.05, 0) is 62.3 Å². The Morgan fingerprint density at radius 1 is 0.862 bits per heavy atom. The van der Waals surface area contributed by atoms with E-state index >= 15 is 0 Å². The van der Waals surface area contributed by atoms with Crippen LogP contribution in [0.25, 0.3) is 0 Å². The second-order valence-corrected chi connectivity index (χ2v) is 10.9. The molecule has 0 unspecified atom stereocenters. The van der Waals surface area contributed by atoms with Gasteiger partial charge in [-0.2, -0.15) is 0 Å². The van der Waals surface area contributed by atoms with Gasteiger partial charge in [0.15, 0.2) is 5.54 Å². The molecule has 0 radical (unpaired) electrons. The van der Waals surface area contributed by atoms with Gasteiger partial charge in [0.2, 0.25) is 0 Å². The van der Waals surface area contributed by atoms with Crippen LogP contribution >= 0.6 is 0 Å². The van der Waals surface area contributed by atoms with Crippen molar-refractivity contribution in [1.82, 2.24) is 5.32 Å². The zero-order chi connectivity index (χ0) is 22.6. The van der Waals surface area contributed by atoms with Crippen LogP contribution in [0.5, 0.6) is 0 Å². The highest BCUT2D eigenvalue weighted by Gasteiger charge is 2.77. The summed E-state index contributed by atoms with van der Waals surface area (Å²) in [5, 5.41) is 2.58. The molecule has 8 nitrogen and oxygen atoms in total. The molecular formula is C21H33NO7. The first-order chi connectivity index (χ1) is 12.9. The Morgan fingerprint density at radius 3 is 1.79 bits per heavy atom. The lowest BCUT2D eigenvalue weighted by molar-refractivity contribution is -0.166. The number of fused-ring (bicyclic) bond motifs is 1. The van der Waals surface area contributed by atoms with Gasteiger partial charge in [-0.1, -0.05) is 0 Å². The number of rotatable bonds is 3. The molecule has 0 bridgehead atoms. The third-order valence-electron chi connectivity index (χ3n) is 4.58. The Morgan fingerprint density at radius 2 is 1.34 bits per heavy atom. The lowest BCUT2D eigenvalue weighted by Crippen LogP contribution is -2.59. The normalized spacial score (nSPS) is 29.0. The van der Waals surface area contributed by atoms with Gasteiger partial charge in [0.25, 0.3) is 0 Å². The van der Waals surface area contributed by atoms with Gasteiger partial charge in [-0.25, -0.2) is 9.59 Å². The van der Waals surface area contributed by atoms with Crippen molar-refractivity contribution in [1.29, 1.82) is 0 Å². The van der Waals surface area contributed by atoms with Gasteiger partial charge in [0.1, 0.15) is 22.6 Å². The fourth-order valence-corrected chi connectivity index (χ4v) is 3.74. The van der Waals surface area contributed by atoms with Gasteiger partial charge in [0, 0.05) is 18.3 Å². The number of ether oxygens (including phenoxy) is 3. The molecule has 2 rings (SSSR count). The molecule has 8 heteroatoms. The highest BCUT2D eigenvalue weighted by molar-refractivity contribution is 6.04. The van der Waals surface area contributed by atoms with E-state index in [1.54, 1.807) is 62.3 Å². The van der Waals surface area contributed by atoms with Crippen LogP contribution in [0.4, 0.5) is 4.79 Å². The Hall–Kier alpha value is -2.12. The fraction of sp³-hybridized carbons (Fsp3) is 0.810. The van der Waals surface area contributed by atoms with Gasteiger partial charge in [-0.15, -0.1) is 0 Å². The summed E-state index contributed by atoms with van der Waals surface area (Å²) in [6.45, 7) is 15.3. The van der Waals surface area contributed by atoms with Crippen LogP contribution in [-0.2, 0) is 28.6 Å². The predicted octanol–water partition coefficient (Wildman–Crippen LogP) is 2.77. The van der Waals surface area contributed by atoms with E-state index in [4.69, 9.17) is 14.2 Å². The van der Waals surface area contributed by atoms with Crippen molar-refractivity contribution in [3.8, 4) is 0 Å². The first-order valence-corrected chi connectivity index (χ1v) is 9.86. The maximum absolute atomic E-state index is 13.1. The molecule has 0 aromatic carbocycles. The summed E-state index contributed by atoms with van der Waals surface area (Å²) in [7, 11) is 0. The molecular weight excluding hydrogens is 378 g/mol. The number of carbonyl (C=O) groups is 4. The van der Waals surface area contributed by atoms with Crippen LogP contribution < -0.4 is 5.32 Å². The topological polar surface area (TPSA) is 108 Å². The number of ketones is 1. The number of hydrogen-bond acceptors (Lipinski definition) is 7. The van der Waals surface area contributed by atoms with Crippen molar-refractivity contribution in [2.45, 2.75) is 91.1 Å². The Bertz CT molecular complexity index is 723. The molecule has 2 saturated carbocycles. The Balaban J connectivity index is 2.35. The van der Waals surface area contributed by atoms with Gasteiger partial charge >= 0.3 is 18.0 Å². The third kappa shape index (κ3) is 5.28. The average molecular weight is 411 g/mol. The van der Waals surface area contributed by atoms with Gasteiger partial charge in [-0.3, -0.25) is 9.59 Å². The fourth-order valence-electron chi connectivity index (χ4n) is 3.74. The Labute approximate surface area is 172 Å². The standard InChI is InChI=1S/C21H33NO7/c1-18(2,3)27-15(24)13-12-11(23)10-21(14(12)13,16(25)28-19(4,5)6)22-17(26)29-20(7,8)9/h12-14H,10H2,1-9H3,(H,22,26)/t12-,13-,14-,21+/m1/s1. The highest BCUT2D eigenvalue weighted by atomic mass is 16.6. The minimum absolute atomic E-state index is 0.240. The zero-order valence-electron chi connectivity index (χ0n) is 18.8.